The van der Waals surface area contributed by atoms with E-state index in [9.17, 15) is 50.3 Å². The maximum absolute atomic E-state index is 14.2. The van der Waals surface area contributed by atoms with Crippen molar-refractivity contribution < 1.29 is 64.5 Å². The summed E-state index contributed by atoms with van der Waals surface area (Å²) >= 11 is 6.11. The molecular formula is C93H76ClF6N17O8. The SMILES string of the molecule is CC(F)(F)c1ccc(CC(=O)c2cc(F)cc(Oc3cncnc3)c2)nc1.Cc1ccc(CC(=O)c2cc(F)cc(Oc3cncnc3)c2)nc1.Cc1cccc(CC(=O)c2cc(Cl)cc(Oc3cncnc3)c2)n1.Cc1cccc(CC(=O)c2ccc(F)c(N(C)c3cncnc3)c2)n1.Cc1cncc(CC(=O)c2cc(F)cc(N(C)c3cncnc3)c2)c1. The normalized spacial score (nSPS) is 10.6. The minimum absolute atomic E-state index is 0.0774. The maximum atomic E-state index is 14.2. The first-order chi connectivity index (χ1) is 60.1. The molecule has 0 spiro atoms. The highest BCUT2D eigenvalue weighted by Gasteiger charge is 2.26. The number of anilines is 4. The Morgan fingerprint density at radius 2 is 0.768 bits per heavy atom. The Labute approximate surface area is 718 Å². The highest BCUT2D eigenvalue weighted by molar-refractivity contribution is 6.31. The van der Waals surface area contributed by atoms with Crippen molar-refractivity contribution in [3.8, 4) is 34.5 Å². The number of alkyl halides is 2. The number of hydrogen-bond donors (Lipinski definition) is 0. The summed E-state index contributed by atoms with van der Waals surface area (Å²) in [6, 6.07) is 40.3. The molecule has 0 aliphatic carbocycles. The second-order valence-corrected chi connectivity index (χ2v) is 28.3. The molecule has 0 saturated heterocycles. The van der Waals surface area contributed by atoms with Crippen molar-refractivity contribution >= 4 is 63.3 Å². The summed E-state index contributed by atoms with van der Waals surface area (Å²) in [5.41, 5.74) is 10.3. The Balaban J connectivity index is 0.000000152. The number of halogens is 7. The van der Waals surface area contributed by atoms with Gasteiger partial charge < -0.3 is 24.0 Å². The molecule has 10 aromatic heterocycles. The third-order valence-corrected chi connectivity index (χ3v) is 18.1. The fraction of sp³-hybridized carbons (Fsp3) is 0.140. The van der Waals surface area contributed by atoms with Gasteiger partial charge in [-0.15, -0.1) is 0 Å². The lowest BCUT2D eigenvalue weighted by Crippen LogP contribution is -2.13. The van der Waals surface area contributed by atoms with Crippen molar-refractivity contribution in [2.24, 2.45) is 0 Å². The number of rotatable bonds is 26. The number of hydrogen-bond acceptors (Lipinski definition) is 25. The molecule has 0 N–H and O–H groups in total. The molecule has 5 aromatic carbocycles. The molecule has 125 heavy (non-hydrogen) atoms. The molecule has 32 heteroatoms. The van der Waals surface area contributed by atoms with E-state index in [0.29, 0.717) is 78.9 Å². The van der Waals surface area contributed by atoms with Crippen LogP contribution in [-0.2, 0) is 38.0 Å². The summed E-state index contributed by atoms with van der Waals surface area (Å²) in [7, 11) is 3.47. The predicted molar refractivity (Wildman–Crippen MR) is 453 cm³/mol. The van der Waals surface area contributed by atoms with Gasteiger partial charge in [0.1, 0.15) is 72.2 Å². The summed E-state index contributed by atoms with van der Waals surface area (Å²) < 4.78 is 98.9. The van der Waals surface area contributed by atoms with E-state index in [0.717, 1.165) is 59.0 Å². The second kappa shape index (κ2) is 43.6. The Hall–Kier alpha value is -15.5. The molecule has 25 nitrogen and oxygen atoms in total. The van der Waals surface area contributed by atoms with E-state index in [1.54, 1.807) is 104 Å². The molecule has 0 saturated carbocycles. The van der Waals surface area contributed by atoms with E-state index >= 15 is 0 Å². The molecule has 0 aliphatic heterocycles. The number of aryl methyl sites for hydroxylation is 4. The van der Waals surface area contributed by atoms with E-state index < -0.39 is 35.0 Å². The molecule has 0 bridgehead atoms. The van der Waals surface area contributed by atoms with Gasteiger partial charge in [-0.3, -0.25) is 48.9 Å². The zero-order valence-electron chi connectivity index (χ0n) is 68.0. The standard InChI is InChI=1S/C19H14F3N3O2.2C19H17FN4O.C18H14ClN3O2.C18H14FN3O2/c1-19(21,22)13-2-3-15(25-8-13)7-18(26)12-4-14(20)6-16(5-12)27-17-9-23-11-24-10-17;1-13-3-14(9-21-8-13)4-19(25)15-5-16(20)7-17(6-15)24(2)18-10-22-12-23-11-18;1-13-4-3-5-15(23-13)9-19(25)14-6-7-17(20)18(8-14)24(2)16-10-21-12-22-11-16;1-12-3-2-4-15(22-12)8-18(23)13-5-14(19)7-16(6-13)24-17-9-20-11-21-10-17;1-12-2-3-15(22-8-12)7-18(23)13-4-14(19)6-16(5-13)24-17-9-20-11-21-10-17/h2-6,8-11H,7H2,1H3;3,5-12H,4H2,1-2H3;3-8,10-12H,9H2,1-2H3;2-7,9-11H,8H2,1H3;2-6,8-11H,7H2,1H3. The van der Waals surface area contributed by atoms with Crippen LogP contribution in [0.3, 0.4) is 0 Å². The molecular weight excluding hydrogens is 1630 g/mol. The van der Waals surface area contributed by atoms with Crippen molar-refractivity contribution in [1.82, 2.24) is 74.8 Å². The quantitative estimate of drug-likeness (QED) is 0.0359. The molecule has 15 rings (SSSR count). The lowest BCUT2D eigenvalue weighted by molar-refractivity contribution is 0.0170. The number of ether oxygens (including phenoxy) is 3. The van der Waals surface area contributed by atoms with Crippen LogP contribution in [0.15, 0.2) is 276 Å². The number of carbonyl (C=O) groups is 5. The van der Waals surface area contributed by atoms with Gasteiger partial charge in [-0.1, -0.05) is 35.9 Å². The van der Waals surface area contributed by atoms with E-state index in [1.165, 1.54) is 129 Å². The molecule has 10 heterocycles. The first-order valence-corrected chi connectivity index (χ1v) is 38.4. The minimum Gasteiger partial charge on any atom is -0.454 e. The van der Waals surface area contributed by atoms with E-state index in [4.69, 9.17) is 25.8 Å². The number of benzene rings is 5. The fourth-order valence-corrected chi connectivity index (χ4v) is 11.9. The summed E-state index contributed by atoms with van der Waals surface area (Å²) in [6.45, 7) is 8.36. The maximum Gasteiger partial charge on any atom is 0.272 e. The monoisotopic (exact) mass is 1710 g/mol. The molecule has 0 atom stereocenters. The van der Waals surface area contributed by atoms with Gasteiger partial charge in [0.05, 0.1) is 105 Å². The van der Waals surface area contributed by atoms with Crippen LogP contribution in [0.5, 0.6) is 34.5 Å². The Kier molecular flexibility index (Phi) is 31.5. The van der Waals surface area contributed by atoms with Crippen LogP contribution < -0.4 is 24.0 Å². The third-order valence-electron chi connectivity index (χ3n) is 17.8. The van der Waals surface area contributed by atoms with Crippen molar-refractivity contribution in [2.75, 3.05) is 23.9 Å². The average Bonchev–Trinajstić information content (AvgIpc) is 0.789. The zero-order chi connectivity index (χ0) is 88.9. The van der Waals surface area contributed by atoms with Crippen LogP contribution in [0.4, 0.5) is 49.1 Å². The Morgan fingerprint density at radius 1 is 0.352 bits per heavy atom. The topological polar surface area (TPSA) is 313 Å². The van der Waals surface area contributed by atoms with Crippen molar-refractivity contribution in [2.45, 2.75) is 72.6 Å². The van der Waals surface area contributed by atoms with Crippen LogP contribution in [-0.4, -0.2) is 118 Å². The van der Waals surface area contributed by atoms with Crippen LogP contribution in [0.25, 0.3) is 0 Å². The Morgan fingerprint density at radius 3 is 1.22 bits per heavy atom. The molecule has 0 fully saturated rings. The van der Waals surface area contributed by atoms with Gasteiger partial charge in [-0.05, 0) is 166 Å². The fourth-order valence-electron chi connectivity index (χ4n) is 11.7. The molecule has 630 valence electrons. The number of aromatic nitrogens is 15. The first kappa shape index (κ1) is 90.2. The van der Waals surface area contributed by atoms with E-state index in [2.05, 4.69) is 74.8 Å². The van der Waals surface area contributed by atoms with E-state index in [-0.39, 0.29) is 89.1 Å². The molecule has 0 aliphatic rings. The van der Waals surface area contributed by atoms with E-state index in [1.807, 2.05) is 76.2 Å². The summed E-state index contributed by atoms with van der Waals surface area (Å²) in [5, 5.41) is 0.421. The van der Waals surface area contributed by atoms with Crippen LogP contribution in [0, 0.1) is 51.0 Å². The van der Waals surface area contributed by atoms with Crippen molar-refractivity contribution in [1.29, 1.82) is 0 Å². The highest BCUT2D eigenvalue weighted by atomic mass is 35.5. The average molecular weight is 1710 g/mol. The van der Waals surface area contributed by atoms with Gasteiger partial charge >= 0.3 is 0 Å². The number of pyridine rings is 5. The molecule has 0 amide bonds. The molecule has 0 radical (unpaired) electrons. The van der Waals surface area contributed by atoms with Gasteiger partial charge in [0.25, 0.3) is 5.92 Å². The summed E-state index contributed by atoms with van der Waals surface area (Å²) in [4.78, 5) is 125. The van der Waals surface area contributed by atoms with Gasteiger partial charge in [0.15, 0.2) is 46.2 Å². The smallest absolute Gasteiger partial charge is 0.272 e. The second-order valence-electron chi connectivity index (χ2n) is 27.9. The lowest BCUT2D eigenvalue weighted by atomic mass is 10.0. The lowest BCUT2D eigenvalue weighted by Gasteiger charge is -2.19. The summed E-state index contributed by atoms with van der Waals surface area (Å²) in [6.07, 6.45) is 28.7. The van der Waals surface area contributed by atoms with Gasteiger partial charge in [0, 0.05) is 143 Å². The van der Waals surface area contributed by atoms with Crippen molar-refractivity contribution in [3.63, 3.8) is 0 Å². The molecule has 0 unspecified atom stereocenters. The van der Waals surface area contributed by atoms with Gasteiger partial charge in [-0.25, -0.2) is 76.2 Å². The van der Waals surface area contributed by atoms with Gasteiger partial charge in [-0.2, -0.15) is 0 Å². The zero-order valence-corrected chi connectivity index (χ0v) is 68.8. The highest BCUT2D eigenvalue weighted by Crippen LogP contribution is 2.32. The largest absolute Gasteiger partial charge is 0.454 e. The number of nitrogens with zero attached hydrogens (tertiary/aromatic N) is 17. The number of carbonyl (C=O) groups excluding carboxylic acids is 5. The number of ketones is 5. The molecule has 15 aromatic rings. The van der Waals surface area contributed by atoms with Crippen LogP contribution in [0.2, 0.25) is 5.02 Å². The minimum atomic E-state index is -3.01. The summed E-state index contributed by atoms with van der Waals surface area (Å²) in [5.74, 6) is -4.20. The Bertz CT molecular complexity index is 6210. The van der Waals surface area contributed by atoms with Crippen LogP contribution >= 0.6 is 11.6 Å². The number of Topliss-reactive ketones (excluding diaryl/α,β-unsaturated/α-hetero) is 5. The third kappa shape index (κ3) is 28.0. The van der Waals surface area contributed by atoms with Gasteiger partial charge in [0.2, 0.25) is 0 Å². The van der Waals surface area contributed by atoms with Crippen molar-refractivity contribution in [3.05, 3.63) is 389 Å². The first-order valence-electron chi connectivity index (χ1n) is 38.0. The van der Waals surface area contributed by atoms with Crippen LogP contribution in [0.1, 0.15) is 115 Å². The predicted octanol–water partition coefficient (Wildman–Crippen LogP) is 19.0.